The molecular formula is C11H11F3N2O4. The molecule has 1 aromatic rings. The van der Waals surface area contributed by atoms with Gasteiger partial charge in [-0.15, -0.1) is 0 Å². The Morgan fingerprint density at radius 3 is 2.45 bits per heavy atom. The maximum Gasteiger partial charge on any atom is 0.416 e. The lowest BCUT2D eigenvalue weighted by Crippen LogP contribution is -2.45. The number of aliphatic hydroxyl groups excluding tert-OH is 1. The van der Waals surface area contributed by atoms with Crippen molar-refractivity contribution in [3.05, 3.63) is 29.8 Å². The van der Waals surface area contributed by atoms with Crippen LogP contribution in [-0.2, 0) is 11.0 Å². The average molecular weight is 292 g/mol. The second kappa shape index (κ2) is 6.24. The third-order valence-electron chi connectivity index (χ3n) is 2.23. The number of urea groups is 1. The standard InChI is InChI=1S/C11H11F3N2O4/c12-11(13,14)6-2-1-3-7(4-6)15-10(20)16-8(5-17)9(18)19/h1-4,8,17H,5H2,(H,18,19)(H2,15,16,20)/t8-/m0/s1. The predicted octanol–water partition coefficient (Wildman–Crippen LogP) is 1.27. The largest absolute Gasteiger partial charge is 0.480 e. The van der Waals surface area contributed by atoms with Crippen LogP contribution in [0.3, 0.4) is 0 Å². The van der Waals surface area contributed by atoms with Crippen LogP contribution in [0.4, 0.5) is 23.7 Å². The van der Waals surface area contributed by atoms with Crippen molar-refractivity contribution in [1.82, 2.24) is 5.32 Å². The molecule has 0 radical (unpaired) electrons. The van der Waals surface area contributed by atoms with E-state index in [1.54, 1.807) is 0 Å². The molecule has 0 unspecified atom stereocenters. The van der Waals surface area contributed by atoms with Crippen LogP contribution in [0.25, 0.3) is 0 Å². The quantitative estimate of drug-likeness (QED) is 0.671. The molecule has 0 saturated carbocycles. The van der Waals surface area contributed by atoms with Crippen molar-refractivity contribution in [1.29, 1.82) is 0 Å². The summed E-state index contributed by atoms with van der Waals surface area (Å²) in [7, 11) is 0. The normalized spacial score (nSPS) is 12.6. The first-order chi connectivity index (χ1) is 9.24. The van der Waals surface area contributed by atoms with E-state index >= 15 is 0 Å². The van der Waals surface area contributed by atoms with E-state index in [1.807, 2.05) is 10.6 Å². The maximum atomic E-state index is 12.4. The number of benzene rings is 1. The zero-order chi connectivity index (χ0) is 15.3. The molecular weight excluding hydrogens is 281 g/mol. The van der Waals surface area contributed by atoms with E-state index in [1.165, 1.54) is 6.07 Å². The summed E-state index contributed by atoms with van der Waals surface area (Å²) in [5.74, 6) is -1.47. The van der Waals surface area contributed by atoms with E-state index < -0.39 is 36.4 Å². The molecule has 9 heteroatoms. The monoisotopic (exact) mass is 292 g/mol. The predicted molar refractivity (Wildman–Crippen MR) is 62.1 cm³/mol. The van der Waals surface area contributed by atoms with Gasteiger partial charge in [0.1, 0.15) is 0 Å². The number of halogens is 3. The second-order valence-corrected chi connectivity index (χ2v) is 3.75. The van der Waals surface area contributed by atoms with E-state index in [-0.39, 0.29) is 5.69 Å². The lowest BCUT2D eigenvalue weighted by molar-refractivity contribution is -0.140. The molecule has 0 heterocycles. The minimum atomic E-state index is -4.55. The van der Waals surface area contributed by atoms with Gasteiger partial charge in [-0.2, -0.15) is 13.2 Å². The number of aliphatic carboxylic acids is 1. The molecule has 0 fully saturated rings. The summed E-state index contributed by atoms with van der Waals surface area (Å²) in [4.78, 5) is 21.9. The van der Waals surface area contributed by atoms with Gasteiger partial charge >= 0.3 is 18.2 Å². The highest BCUT2D eigenvalue weighted by Gasteiger charge is 2.30. The SMILES string of the molecule is O=C(Nc1cccc(C(F)(F)F)c1)N[C@@H](CO)C(=O)O. The molecule has 1 atom stereocenters. The smallest absolute Gasteiger partial charge is 0.416 e. The van der Waals surface area contributed by atoms with Gasteiger partial charge in [-0.1, -0.05) is 6.07 Å². The van der Waals surface area contributed by atoms with Gasteiger partial charge in [-0.25, -0.2) is 9.59 Å². The van der Waals surface area contributed by atoms with Crippen LogP contribution in [0.5, 0.6) is 0 Å². The van der Waals surface area contributed by atoms with Gasteiger partial charge in [-0.3, -0.25) is 0 Å². The number of carboxylic acids is 1. The fourth-order valence-corrected chi connectivity index (χ4v) is 1.28. The number of rotatable bonds is 4. The fraction of sp³-hybridized carbons (Fsp3) is 0.273. The van der Waals surface area contributed by atoms with E-state index in [4.69, 9.17) is 10.2 Å². The molecule has 0 aliphatic heterocycles. The van der Waals surface area contributed by atoms with Crippen LogP contribution in [0.1, 0.15) is 5.56 Å². The van der Waals surface area contributed by atoms with E-state index in [0.29, 0.717) is 6.07 Å². The van der Waals surface area contributed by atoms with Crippen molar-refractivity contribution in [2.24, 2.45) is 0 Å². The van der Waals surface area contributed by atoms with Crippen LogP contribution in [0.15, 0.2) is 24.3 Å². The summed E-state index contributed by atoms with van der Waals surface area (Å²) in [5, 5.41) is 21.2. The number of amides is 2. The summed E-state index contributed by atoms with van der Waals surface area (Å²) in [6.07, 6.45) is -4.55. The molecule has 1 aromatic carbocycles. The number of carbonyl (C=O) groups is 2. The Kier molecular flexibility index (Phi) is 4.92. The number of anilines is 1. The third kappa shape index (κ3) is 4.43. The summed E-state index contributed by atoms with van der Waals surface area (Å²) in [5.41, 5.74) is -1.10. The highest BCUT2D eigenvalue weighted by atomic mass is 19.4. The Morgan fingerprint density at radius 2 is 1.95 bits per heavy atom. The van der Waals surface area contributed by atoms with Crippen LogP contribution < -0.4 is 10.6 Å². The first-order valence-corrected chi connectivity index (χ1v) is 5.32. The Balaban J connectivity index is 2.74. The Hall–Kier alpha value is -2.29. The van der Waals surface area contributed by atoms with Crippen LogP contribution in [0.2, 0.25) is 0 Å². The second-order valence-electron chi connectivity index (χ2n) is 3.75. The van der Waals surface area contributed by atoms with Gasteiger partial charge in [-0.05, 0) is 18.2 Å². The molecule has 1 rings (SSSR count). The molecule has 0 spiro atoms. The molecule has 6 nitrogen and oxygen atoms in total. The molecule has 4 N–H and O–H groups in total. The number of hydrogen-bond acceptors (Lipinski definition) is 3. The van der Waals surface area contributed by atoms with E-state index in [9.17, 15) is 22.8 Å². The average Bonchev–Trinajstić information content (AvgIpc) is 2.34. The number of carbonyl (C=O) groups excluding carboxylic acids is 1. The van der Waals surface area contributed by atoms with Crippen LogP contribution in [-0.4, -0.2) is 34.9 Å². The maximum absolute atomic E-state index is 12.4. The molecule has 0 aromatic heterocycles. The fourth-order valence-electron chi connectivity index (χ4n) is 1.28. The highest BCUT2D eigenvalue weighted by Crippen LogP contribution is 2.30. The van der Waals surface area contributed by atoms with Gasteiger partial charge < -0.3 is 20.8 Å². The van der Waals surface area contributed by atoms with Gasteiger partial charge in [0, 0.05) is 5.69 Å². The Bertz CT molecular complexity index is 505. The Morgan fingerprint density at radius 1 is 1.30 bits per heavy atom. The molecule has 0 saturated heterocycles. The van der Waals surface area contributed by atoms with Crippen molar-refractivity contribution >= 4 is 17.7 Å². The van der Waals surface area contributed by atoms with Crippen molar-refractivity contribution < 1.29 is 33.0 Å². The lowest BCUT2D eigenvalue weighted by atomic mass is 10.2. The molecule has 0 aliphatic carbocycles. The number of alkyl halides is 3. The molecule has 0 bridgehead atoms. The summed E-state index contributed by atoms with van der Waals surface area (Å²) >= 11 is 0. The van der Waals surface area contributed by atoms with Gasteiger partial charge in [0.15, 0.2) is 6.04 Å². The van der Waals surface area contributed by atoms with Gasteiger partial charge in [0.2, 0.25) is 0 Å². The van der Waals surface area contributed by atoms with Gasteiger partial charge in [0.25, 0.3) is 0 Å². The van der Waals surface area contributed by atoms with Crippen LogP contribution in [0, 0.1) is 0 Å². The lowest BCUT2D eigenvalue weighted by Gasteiger charge is -2.13. The van der Waals surface area contributed by atoms with Crippen molar-refractivity contribution in [3.8, 4) is 0 Å². The van der Waals surface area contributed by atoms with Crippen molar-refractivity contribution in [2.75, 3.05) is 11.9 Å². The zero-order valence-electron chi connectivity index (χ0n) is 9.94. The highest BCUT2D eigenvalue weighted by molar-refractivity contribution is 5.92. The van der Waals surface area contributed by atoms with Crippen LogP contribution >= 0.6 is 0 Å². The summed E-state index contributed by atoms with van der Waals surface area (Å²) in [6.45, 7) is -0.842. The molecule has 110 valence electrons. The first kappa shape index (κ1) is 15.8. The van der Waals surface area contributed by atoms with Crippen molar-refractivity contribution in [3.63, 3.8) is 0 Å². The number of nitrogens with one attached hydrogen (secondary N) is 2. The molecule has 0 aliphatic rings. The minimum Gasteiger partial charge on any atom is -0.480 e. The first-order valence-electron chi connectivity index (χ1n) is 5.32. The molecule has 20 heavy (non-hydrogen) atoms. The molecule has 2 amide bonds. The topological polar surface area (TPSA) is 98.7 Å². The number of hydrogen-bond donors (Lipinski definition) is 4. The zero-order valence-corrected chi connectivity index (χ0v) is 9.94. The number of carboxylic acid groups (broad SMARTS) is 1. The van der Waals surface area contributed by atoms with Crippen molar-refractivity contribution in [2.45, 2.75) is 12.2 Å². The minimum absolute atomic E-state index is 0.153. The third-order valence-corrected chi connectivity index (χ3v) is 2.23. The summed E-state index contributed by atoms with van der Waals surface area (Å²) in [6, 6.07) is 1.26. The Labute approximate surface area is 111 Å². The van der Waals surface area contributed by atoms with Gasteiger partial charge in [0.05, 0.1) is 12.2 Å². The summed E-state index contributed by atoms with van der Waals surface area (Å²) < 4.78 is 37.3. The van der Waals surface area contributed by atoms with E-state index in [0.717, 1.165) is 12.1 Å². The van der Waals surface area contributed by atoms with E-state index in [2.05, 4.69) is 0 Å². The number of aliphatic hydroxyl groups is 1.